The van der Waals surface area contributed by atoms with Gasteiger partial charge in [0.25, 0.3) is 5.79 Å². The maximum atomic E-state index is 13.4. The minimum atomic E-state index is -0.629. The van der Waals surface area contributed by atoms with Gasteiger partial charge in [0.05, 0.1) is 0 Å². The first-order chi connectivity index (χ1) is 7.29. The van der Waals surface area contributed by atoms with Gasteiger partial charge in [0.15, 0.2) is 11.6 Å². The number of ether oxygens (including phenoxy) is 2. The second kappa shape index (κ2) is 3.10. The molecule has 0 radical (unpaired) electrons. The van der Waals surface area contributed by atoms with Crippen molar-refractivity contribution in [1.82, 2.24) is 5.32 Å². The lowest BCUT2D eigenvalue weighted by Crippen LogP contribution is -2.48. The van der Waals surface area contributed by atoms with Crippen molar-refractivity contribution in [1.29, 1.82) is 0 Å². The molecule has 1 aromatic carbocycles. The normalized spacial score (nSPS) is 21.9. The summed E-state index contributed by atoms with van der Waals surface area (Å²) in [5.41, 5.74) is 0. The van der Waals surface area contributed by atoms with Gasteiger partial charge in [-0.3, -0.25) is 0 Å². The van der Waals surface area contributed by atoms with E-state index in [4.69, 9.17) is 9.47 Å². The van der Waals surface area contributed by atoms with E-state index in [0.29, 0.717) is 5.75 Å². The minimum absolute atomic E-state index is 0.263. The molecular formula is C11H12FNO2. The lowest BCUT2D eigenvalue weighted by Gasteiger charge is -2.31. The van der Waals surface area contributed by atoms with Crippen LogP contribution in [0.5, 0.6) is 11.5 Å². The molecule has 1 spiro atoms. The van der Waals surface area contributed by atoms with Crippen molar-refractivity contribution < 1.29 is 13.9 Å². The number of nitrogens with one attached hydrogen (secondary N) is 1. The number of hydrogen-bond acceptors (Lipinski definition) is 3. The van der Waals surface area contributed by atoms with E-state index in [0.717, 1.165) is 25.9 Å². The molecule has 3 rings (SSSR count). The monoisotopic (exact) mass is 209 g/mol. The maximum Gasteiger partial charge on any atom is 0.254 e. The zero-order chi connectivity index (χ0) is 10.3. The van der Waals surface area contributed by atoms with Gasteiger partial charge in [0.1, 0.15) is 0 Å². The lowest BCUT2D eigenvalue weighted by atomic mass is 10.1. The van der Waals surface area contributed by atoms with Crippen molar-refractivity contribution in [2.75, 3.05) is 13.1 Å². The molecule has 0 aliphatic carbocycles. The molecule has 0 saturated carbocycles. The summed E-state index contributed by atoms with van der Waals surface area (Å²) in [6.07, 6.45) is 1.50. The van der Waals surface area contributed by atoms with Gasteiger partial charge in [-0.15, -0.1) is 0 Å². The molecule has 0 bridgehead atoms. The fourth-order valence-electron chi connectivity index (χ4n) is 2.09. The quantitative estimate of drug-likeness (QED) is 0.705. The van der Waals surface area contributed by atoms with E-state index in [1.54, 1.807) is 12.1 Å². The summed E-state index contributed by atoms with van der Waals surface area (Å²) >= 11 is 0. The Morgan fingerprint density at radius 3 is 2.73 bits per heavy atom. The fraction of sp³-hybridized carbons (Fsp3) is 0.455. The van der Waals surface area contributed by atoms with Gasteiger partial charge < -0.3 is 14.8 Å². The van der Waals surface area contributed by atoms with Gasteiger partial charge >= 0.3 is 0 Å². The Balaban J connectivity index is 1.94. The van der Waals surface area contributed by atoms with E-state index >= 15 is 0 Å². The Morgan fingerprint density at radius 1 is 1.20 bits per heavy atom. The van der Waals surface area contributed by atoms with Gasteiger partial charge in [0.2, 0.25) is 5.75 Å². The van der Waals surface area contributed by atoms with Crippen molar-refractivity contribution in [3.63, 3.8) is 0 Å². The third-order valence-electron chi connectivity index (χ3n) is 2.88. The summed E-state index contributed by atoms with van der Waals surface area (Å²) in [7, 11) is 0. The van der Waals surface area contributed by atoms with Gasteiger partial charge in [-0.2, -0.15) is 0 Å². The van der Waals surface area contributed by atoms with Gasteiger partial charge in [-0.05, 0) is 12.1 Å². The molecule has 80 valence electrons. The standard InChI is InChI=1S/C11H12FNO2/c12-8-2-1-3-9-10(8)15-11(14-9)4-6-13-7-5-11/h1-3,13H,4-7H2. The largest absolute Gasteiger partial charge is 0.448 e. The summed E-state index contributed by atoms with van der Waals surface area (Å²) in [4.78, 5) is 0. The Kier molecular flexibility index (Phi) is 1.85. The molecule has 15 heavy (non-hydrogen) atoms. The van der Waals surface area contributed by atoms with E-state index in [-0.39, 0.29) is 11.6 Å². The molecule has 0 atom stereocenters. The molecular weight excluding hydrogens is 197 g/mol. The highest BCUT2D eigenvalue weighted by Crippen LogP contribution is 2.44. The highest BCUT2D eigenvalue weighted by atomic mass is 19.1. The van der Waals surface area contributed by atoms with Crippen LogP contribution in [0, 0.1) is 5.82 Å². The summed E-state index contributed by atoms with van der Waals surface area (Å²) in [6.45, 7) is 1.69. The minimum Gasteiger partial charge on any atom is -0.448 e. The summed E-state index contributed by atoms with van der Waals surface area (Å²) in [6, 6.07) is 4.77. The molecule has 2 aliphatic rings. The average Bonchev–Trinajstić information content (AvgIpc) is 2.59. The number of hydrogen-bond donors (Lipinski definition) is 1. The zero-order valence-electron chi connectivity index (χ0n) is 8.25. The Hall–Kier alpha value is -1.29. The van der Waals surface area contributed by atoms with E-state index in [2.05, 4.69) is 5.32 Å². The third-order valence-corrected chi connectivity index (χ3v) is 2.88. The second-order valence-electron chi connectivity index (χ2n) is 3.93. The van der Waals surface area contributed by atoms with Crippen LogP contribution < -0.4 is 14.8 Å². The van der Waals surface area contributed by atoms with Crippen LogP contribution in [0.25, 0.3) is 0 Å². The number of fused-ring (bicyclic) bond motifs is 1. The molecule has 1 saturated heterocycles. The highest BCUT2D eigenvalue weighted by molar-refractivity contribution is 5.44. The summed E-state index contributed by atoms with van der Waals surface area (Å²) in [5.74, 6) is -0.185. The number of halogens is 1. The van der Waals surface area contributed by atoms with Gasteiger partial charge in [-0.25, -0.2) is 4.39 Å². The Morgan fingerprint density at radius 2 is 2.00 bits per heavy atom. The van der Waals surface area contributed by atoms with E-state index in [9.17, 15) is 4.39 Å². The summed E-state index contributed by atoms with van der Waals surface area (Å²) in [5, 5.41) is 3.22. The number of rotatable bonds is 0. The molecule has 1 aromatic rings. The number of para-hydroxylation sites is 1. The smallest absolute Gasteiger partial charge is 0.254 e. The first kappa shape index (κ1) is 8.97. The van der Waals surface area contributed by atoms with Crippen LogP contribution in [0.1, 0.15) is 12.8 Å². The molecule has 3 nitrogen and oxygen atoms in total. The molecule has 0 amide bonds. The molecule has 1 fully saturated rings. The molecule has 1 N–H and O–H groups in total. The van der Waals surface area contributed by atoms with E-state index < -0.39 is 5.79 Å². The molecule has 2 aliphatic heterocycles. The number of benzene rings is 1. The van der Waals surface area contributed by atoms with Crippen molar-refractivity contribution in [3.05, 3.63) is 24.0 Å². The molecule has 2 heterocycles. The van der Waals surface area contributed by atoms with Gasteiger partial charge in [-0.1, -0.05) is 6.07 Å². The first-order valence-corrected chi connectivity index (χ1v) is 5.16. The fourth-order valence-corrected chi connectivity index (χ4v) is 2.09. The Bertz CT molecular complexity index is 388. The van der Waals surface area contributed by atoms with Crippen LogP contribution in [0.15, 0.2) is 18.2 Å². The average molecular weight is 209 g/mol. The van der Waals surface area contributed by atoms with Crippen LogP contribution in [0.3, 0.4) is 0 Å². The SMILES string of the molecule is Fc1cccc2c1OC1(CCNCC1)O2. The van der Waals surface area contributed by atoms with Crippen LogP contribution in [0.4, 0.5) is 4.39 Å². The third kappa shape index (κ3) is 1.36. The highest BCUT2D eigenvalue weighted by Gasteiger charge is 2.43. The molecule has 0 unspecified atom stereocenters. The van der Waals surface area contributed by atoms with Crippen LogP contribution in [-0.2, 0) is 0 Å². The van der Waals surface area contributed by atoms with Crippen LogP contribution in [-0.4, -0.2) is 18.9 Å². The zero-order valence-corrected chi connectivity index (χ0v) is 8.25. The van der Waals surface area contributed by atoms with Crippen LogP contribution in [0.2, 0.25) is 0 Å². The second-order valence-corrected chi connectivity index (χ2v) is 3.93. The molecule has 4 heteroatoms. The van der Waals surface area contributed by atoms with Crippen molar-refractivity contribution in [2.45, 2.75) is 18.6 Å². The molecule has 0 aromatic heterocycles. The summed E-state index contributed by atoms with van der Waals surface area (Å²) < 4.78 is 24.8. The van der Waals surface area contributed by atoms with Crippen LogP contribution >= 0.6 is 0 Å². The topological polar surface area (TPSA) is 30.5 Å². The van der Waals surface area contributed by atoms with Crippen molar-refractivity contribution in [2.24, 2.45) is 0 Å². The predicted octanol–water partition coefficient (Wildman–Crippen LogP) is 1.68. The van der Waals surface area contributed by atoms with Crippen molar-refractivity contribution in [3.8, 4) is 11.5 Å². The lowest BCUT2D eigenvalue weighted by molar-refractivity contribution is -0.101. The van der Waals surface area contributed by atoms with Crippen molar-refractivity contribution >= 4 is 0 Å². The van der Waals surface area contributed by atoms with E-state index in [1.165, 1.54) is 6.07 Å². The van der Waals surface area contributed by atoms with Gasteiger partial charge in [0, 0.05) is 25.9 Å². The number of piperidine rings is 1. The maximum absolute atomic E-state index is 13.4. The van der Waals surface area contributed by atoms with E-state index in [1.807, 2.05) is 0 Å². The first-order valence-electron chi connectivity index (χ1n) is 5.16. The predicted molar refractivity (Wildman–Crippen MR) is 52.5 cm³/mol. The Labute approximate surface area is 87.2 Å².